The summed E-state index contributed by atoms with van der Waals surface area (Å²) >= 11 is 0. The lowest BCUT2D eigenvalue weighted by Gasteiger charge is -2.35. The lowest BCUT2D eigenvalue weighted by atomic mass is 9.87. The molecule has 1 fully saturated rings. The van der Waals surface area contributed by atoms with E-state index in [1.807, 2.05) is 0 Å². The Morgan fingerprint density at radius 3 is 2.85 bits per heavy atom. The van der Waals surface area contributed by atoms with Gasteiger partial charge in [-0.1, -0.05) is 19.4 Å². The van der Waals surface area contributed by atoms with E-state index >= 15 is 0 Å². The molecule has 0 bridgehead atoms. The van der Waals surface area contributed by atoms with E-state index in [1.165, 1.54) is 30.4 Å². The Morgan fingerprint density at radius 1 is 1.19 bits per heavy atom. The minimum absolute atomic E-state index is 0.0319. The van der Waals surface area contributed by atoms with Gasteiger partial charge in [-0.2, -0.15) is 0 Å². The fourth-order valence-corrected chi connectivity index (χ4v) is 4.62. The highest BCUT2D eigenvalue weighted by atomic mass is 16.5. The Labute approximate surface area is 164 Å². The molecule has 1 heterocycles. The van der Waals surface area contributed by atoms with E-state index in [4.69, 9.17) is 9.47 Å². The summed E-state index contributed by atoms with van der Waals surface area (Å²) in [6.45, 7) is 5.19. The first-order chi connectivity index (χ1) is 13.2. The van der Waals surface area contributed by atoms with Gasteiger partial charge in [0.2, 0.25) is 0 Å². The molecule has 0 aromatic heterocycles. The summed E-state index contributed by atoms with van der Waals surface area (Å²) in [5.74, 6) is 1.15. The summed E-state index contributed by atoms with van der Waals surface area (Å²) in [5, 5.41) is 0. The lowest BCUT2D eigenvalue weighted by molar-refractivity contribution is -0.153. The van der Waals surface area contributed by atoms with E-state index in [9.17, 15) is 4.79 Å². The van der Waals surface area contributed by atoms with Crippen molar-refractivity contribution < 1.29 is 14.3 Å². The minimum atomic E-state index is 0.0319. The van der Waals surface area contributed by atoms with Crippen molar-refractivity contribution in [3.05, 3.63) is 29.3 Å². The largest absolute Gasteiger partial charge is 0.497 e. The van der Waals surface area contributed by atoms with Crippen LogP contribution in [0.2, 0.25) is 0 Å². The Kier molecular flexibility index (Phi) is 7.57. The zero-order valence-corrected chi connectivity index (χ0v) is 17.0. The molecule has 2 aliphatic rings. The van der Waals surface area contributed by atoms with Gasteiger partial charge in [-0.3, -0.25) is 4.79 Å². The molecular weight excluding hydrogens is 338 g/mol. The van der Waals surface area contributed by atoms with Crippen LogP contribution in [0.15, 0.2) is 18.2 Å². The number of fused-ring (bicyclic) bond motifs is 1. The van der Waals surface area contributed by atoms with Crippen LogP contribution in [-0.2, 0) is 22.4 Å². The molecule has 1 aliphatic carbocycles. The fraction of sp³-hybridized carbons (Fsp3) is 0.696. The molecule has 2 atom stereocenters. The zero-order valence-electron chi connectivity index (χ0n) is 17.0. The van der Waals surface area contributed by atoms with Gasteiger partial charge >= 0.3 is 5.97 Å². The molecule has 4 heteroatoms. The fourth-order valence-electron chi connectivity index (χ4n) is 4.62. The summed E-state index contributed by atoms with van der Waals surface area (Å²) in [7, 11) is 1.74. The number of aryl methyl sites for hydroxylation is 1. The van der Waals surface area contributed by atoms with Gasteiger partial charge in [0, 0.05) is 6.04 Å². The molecule has 0 spiro atoms. The SMILES string of the molecule is CCCN(CCCCC1CCCOC1=O)C1CCc2ccc(OC)cc2C1. The number of ether oxygens (including phenoxy) is 2. The van der Waals surface area contributed by atoms with E-state index in [0.717, 1.165) is 57.4 Å². The Hall–Kier alpha value is -1.55. The van der Waals surface area contributed by atoms with Crippen molar-refractivity contribution in [2.24, 2.45) is 5.92 Å². The van der Waals surface area contributed by atoms with Crippen LogP contribution >= 0.6 is 0 Å². The predicted octanol–water partition coefficient (Wildman–Crippen LogP) is 4.39. The first-order valence-electron chi connectivity index (χ1n) is 10.8. The first kappa shape index (κ1) is 20.2. The second-order valence-corrected chi connectivity index (χ2v) is 8.07. The summed E-state index contributed by atoms with van der Waals surface area (Å²) in [5.41, 5.74) is 2.94. The molecule has 0 radical (unpaired) electrons. The van der Waals surface area contributed by atoms with Crippen molar-refractivity contribution in [3.8, 4) is 5.75 Å². The number of methoxy groups -OCH3 is 1. The monoisotopic (exact) mass is 373 g/mol. The molecular formula is C23H35NO3. The van der Waals surface area contributed by atoms with E-state index in [-0.39, 0.29) is 11.9 Å². The third-order valence-electron chi connectivity index (χ3n) is 6.17. The van der Waals surface area contributed by atoms with Crippen LogP contribution in [0.3, 0.4) is 0 Å². The summed E-state index contributed by atoms with van der Waals surface area (Å²) in [4.78, 5) is 14.5. The molecule has 4 nitrogen and oxygen atoms in total. The minimum Gasteiger partial charge on any atom is -0.497 e. The molecule has 1 saturated heterocycles. The van der Waals surface area contributed by atoms with Gasteiger partial charge in [-0.15, -0.1) is 0 Å². The summed E-state index contributed by atoms with van der Waals surface area (Å²) in [6.07, 6.45) is 10.1. The number of rotatable bonds is 9. The number of cyclic esters (lactones) is 1. The number of esters is 1. The van der Waals surface area contributed by atoms with Crippen LogP contribution in [0.1, 0.15) is 63.0 Å². The van der Waals surface area contributed by atoms with E-state index < -0.39 is 0 Å². The quantitative estimate of drug-likeness (QED) is 0.475. The highest BCUT2D eigenvalue weighted by Crippen LogP contribution is 2.28. The maximum atomic E-state index is 11.8. The highest BCUT2D eigenvalue weighted by Gasteiger charge is 2.25. The molecule has 0 saturated carbocycles. The third-order valence-corrected chi connectivity index (χ3v) is 6.17. The molecule has 2 unspecified atom stereocenters. The molecule has 1 aromatic carbocycles. The van der Waals surface area contributed by atoms with Gasteiger partial charge < -0.3 is 14.4 Å². The van der Waals surface area contributed by atoms with Crippen LogP contribution in [0.25, 0.3) is 0 Å². The Morgan fingerprint density at radius 2 is 2.07 bits per heavy atom. The van der Waals surface area contributed by atoms with E-state index in [0.29, 0.717) is 12.6 Å². The van der Waals surface area contributed by atoms with Crippen molar-refractivity contribution in [1.82, 2.24) is 4.90 Å². The van der Waals surface area contributed by atoms with Gasteiger partial charge in [0.05, 0.1) is 19.6 Å². The Balaban J connectivity index is 1.50. The average Bonchev–Trinajstić information content (AvgIpc) is 2.70. The zero-order chi connectivity index (χ0) is 19.1. The van der Waals surface area contributed by atoms with E-state index in [2.05, 4.69) is 30.0 Å². The maximum Gasteiger partial charge on any atom is 0.308 e. The number of nitrogens with zero attached hydrogens (tertiary/aromatic N) is 1. The van der Waals surface area contributed by atoms with Crippen LogP contribution in [0, 0.1) is 5.92 Å². The summed E-state index contributed by atoms with van der Waals surface area (Å²) in [6, 6.07) is 7.17. The van der Waals surface area contributed by atoms with E-state index in [1.54, 1.807) is 7.11 Å². The second kappa shape index (κ2) is 10.1. The molecule has 27 heavy (non-hydrogen) atoms. The number of hydrogen-bond acceptors (Lipinski definition) is 4. The van der Waals surface area contributed by atoms with Gasteiger partial charge in [0.1, 0.15) is 5.75 Å². The number of unbranched alkanes of at least 4 members (excludes halogenated alkanes) is 1. The van der Waals surface area contributed by atoms with Crippen molar-refractivity contribution in [2.45, 2.75) is 70.8 Å². The molecule has 150 valence electrons. The number of benzene rings is 1. The van der Waals surface area contributed by atoms with Gasteiger partial charge in [-0.05, 0) is 87.7 Å². The van der Waals surface area contributed by atoms with Crippen LogP contribution in [0.4, 0.5) is 0 Å². The normalized spacial score (nSPS) is 22.4. The molecule has 1 aromatic rings. The number of hydrogen-bond donors (Lipinski definition) is 0. The van der Waals surface area contributed by atoms with Crippen LogP contribution in [-0.4, -0.2) is 43.7 Å². The van der Waals surface area contributed by atoms with Crippen LogP contribution in [0.5, 0.6) is 5.75 Å². The lowest BCUT2D eigenvalue weighted by Crippen LogP contribution is -2.40. The topological polar surface area (TPSA) is 38.8 Å². The molecule has 0 N–H and O–H groups in total. The number of carbonyl (C=O) groups is 1. The van der Waals surface area contributed by atoms with Crippen molar-refractivity contribution in [2.75, 3.05) is 26.8 Å². The molecule has 1 aliphatic heterocycles. The van der Waals surface area contributed by atoms with Gasteiger partial charge in [-0.25, -0.2) is 0 Å². The van der Waals surface area contributed by atoms with Crippen molar-refractivity contribution >= 4 is 5.97 Å². The molecule has 0 amide bonds. The second-order valence-electron chi connectivity index (χ2n) is 8.07. The summed E-state index contributed by atoms with van der Waals surface area (Å²) < 4.78 is 10.6. The maximum absolute atomic E-state index is 11.8. The first-order valence-corrected chi connectivity index (χ1v) is 10.8. The average molecular weight is 374 g/mol. The van der Waals surface area contributed by atoms with Crippen molar-refractivity contribution in [3.63, 3.8) is 0 Å². The van der Waals surface area contributed by atoms with Gasteiger partial charge in [0.25, 0.3) is 0 Å². The van der Waals surface area contributed by atoms with Gasteiger partial charge in [0.15, 0.2) is 0 Å². The predicted molar refractivity (Wildman–Crippen MR) is 108 cm³/mol. The number of carbonyl (C=O) groups excluding carboxylic acids is 1. The van der Waals surface area contributed by atoms with Crippen molar-refractivity contribution in [1.29, 1.82) is 0 Å². The highest BCUT2D eigenvalue weighted by molar-refractivity contribution is 5.72. The standard InChI is InChI=1S/C23H35NO3/c1-3-13-24(14-5-4-7-19-8-6-15-27-23(19)25)21-11-9-18-10-12-22(26-2)17-20(18)16-21/h10,12,17,19,21H,3-9,11,13-16H2,1-2H3. The third kappa shape index (κ3) is 5.47. The van der Waals surface area contributed by atoms with Crippen LogP contribution < -0.4 is 4.74 Å². The molecule has 3 rings (SSSR count). The Bertz CT molecular complexity index is 616. The smallest absolute Gasteiger partial charge is 0.308 e.